The average Bonchev–Trinajstić information content (AvgIpc) is 2.74. The van der Waals surface area contributed by atoms with Gasteiger partial charge in [0.2, 0.25) is 5.91 Å². The highest BCUT2D eigenvalue weighted by molar-refractivity contribution is 5.95. The largest absolute Gasteiger partial charge is 0.495 e. The van der Waals surface area contributed by atoms with Crippen LogP contribution in [0.5, 0.6) is 5.75 Å². The van der Waals surface area contributed by atoms with Gasteiger partial charge < -0.3 is 10.1 Å². The van der Waals surface area contributed by atoms with E-state index < -0.39 is 0 Å². The summed E-state index contributed by atoms with van der Waals surface area (Å²) >= 11 is 0. The SMILES string of the molecule is COc1ccccc1NC(=O)[C@@H](C)N[C@H](C)c1ccc(-c2ccccc2)cc1. The topological polar surface area (TPSA) is 50.4 Å². The first-order valence-corrected chi connectivity index (χ1v) is 9.44. The van der Waals surface area contributed by atoms with Gasteiger partial charge in [-0.05, 0) is 42.7 Å². The van der Waals surface area contributed by atoms with E-state index in [-0.39, 0.29) is 18.0 Å². The van der Waals surface area contributed by atoms with Gasteiger partial charge in [0, 0.05) is 6.04 Å². The third-order valence-electron chi connectivity index (χ3n) is 4.78. The van der Waals surface area contributed by atoms with E-state index in [1.165, 1.54) is 11.1 Å². The van der Waals surface area contributed by atoms with Gasteiger partial charge in [-0.25, -0.2) is 0 Å². The van der Waals surface area contributed by atoms with Crippen molar-refractivity contribution in [3.05, 3.63) is 84.4 Å². The minimum atomic E-state index is -0.353. The van der Waals surface area contributed by atoms with Crippen molar-refractivity contribution in [1.29, 1.82) is 0 Å². The number of hydrogen-bond acceptors (Lipinski definition) is 3. The van der Waals surface area contributed by atoms with Crippen molar-refractivity contribution in [3.63, 3.8) is 0 Å². The molecule has 2 N–H and O–H groups in total. The van der Waals surface area contributed by atoms with Crippen molar-refractivity contribution in [2.75, 3.05) is 12.4 Å². The van der Waals surface area contributed by atoms with E-state index in [1.54, 1.807) is 7.11 Å². The van der Waals surface area contributed by atoms with Gasteiger partial charge in [0.1, 0.15) is 5.75 Å². The highest BCUT2D eigenvalue weighted by atomic mass is 16.5. The number of methoxy groups -OCH3 is 1. The number of rotatable bonds is 7. The lowest BCUT2D eigenvalue weighted by atomic mass is 10.0. The van der Waals surface area contributed by atoms with Crippen molar-refractivity contribution in [2.45, 2.75) is 25.9 Å². The highest BCUT2D eigenvalue weighted by Crippen LogP contribution is 2.24. The minimum Gasteiger partial charge on any atom is -0.495 e. The van der Waals surface area contributed by atoms with E-state index >= 15 is 0 Å². The molecule has 28 heavy (non-hydrogen) atoms. The summed E-state index contributed by atoms with van der Waals surface area (Å²) in [5, 5.41) is 6.28. The number of para-hydroxylation sites is 2. The zero-order valence-corrected chi connectivity index (χ0v) is 16.5. The Morgan fingerprint density at radius 1 is 0.821 bits per heavy atom. The molecule has 3 aromatic rings. The monoisotopic (exact) mass is 374 g/mol. The van der Waals surface area contributed by atoms with E-state index in [1.807, 2.05) is 49.4 Å². The number of carbonyl (C=O) groups excluding carboxylic acids is 1. The number of carbonyl (C=O) groups is 1. The zero-order chi connectivity index (χ0) is 19.9. The van der Waals surface area contributed by atoms with E-state index in [4.69, 9.17) is 4.74 Å². The molecule has 0 aliphatic heterocycles. The maximum absolute atomic E-state index is 12.6. The molecule has 0 aliphatic rings. The molecular formula is C24H26N2O2. The predicted octanol–water partition coefficient (Wildman–Crippen LogP) is 5.04. The molecule has 0 unspecified atom stereocenters. The van der Waals surface area contributed by atoms with Crippen molar-refractivity contribution < 1.29 is 9.53 Å². The van der Waals surface area contributed by atoms with Crippen molar-refractivity contribution >= 4 is 11.6 Å². The molecule has 0 saturated carbocycles. The fourth-order valence-corrected chi connectivity index (χ4v) is 3.13. The van der Waals surface area contributed by atoms with Crippen LogP contribution in [0.3, 0.4) is 0 Å². The lowest BCUT2D eigenvalue weighted by Crippen LogP contribution is -2.39. The molecular weight excluding hydrogens is 348 g/mol. The van der Waals surface area contributed by atoms with E-state index in [0.717, 1.165) is 5.56 Å². The van der Waals surface area contributed by atoms with Crippen LogP contribution in [0.2, 0.25) is 0 Å². The molecule has 0 fully saturated rings. The van der Waals surface area contributed by atoms with Crippen LogP contribution in [0.4, 0.5) is 5.69 Å². The zero-order valence-electron chi connectivity index (χ0n) is 16.5. The van der Waals surface area contributed by atoms with Gasteiger partial charge in [0.15, 0.2) is 0 Å². The molecule has 0 radical (unpaired) electrons. The summed E-state index contributed by atoms with van der Waals surface area (Å²) < 4.78 is 5.29. The van der Waals surface area contributed by atoms with Crippen molar-refractivity contribution in [3.8, 4) is 16.9 Å². The molecule has 0 aliphatic carbocycles. The summed E-state index contributed by atoms with van der Waals surface area (Å²) in [6.07, 6.45) is 0. The van der Waals surface area contributed by atoms with Crippen molar-refractivity contribution in [2.24, 2.45) is 0 Å². The van der Waals surface area contributed by atoms with Gasteiger partial charge in [-0.2, -0.15) is 0 Å². The van der Waals surface area contributed by atoms with E-state index in [2.05, 4.69) is 54.0 Å². The second-order valence-corrected chi connectivity index (χ2v) is 6.79. The molecule has 1 amide bonds. The third kappa shape index (κ3) is 4.78. The van der Waals surface area contributed by atoms with Gasteiger partial charge in [-0.3, -0.25) is 10.1 Å². The molecule has 0 aromatic heterocycles. The summed E-state index contributed by atoms with van der Waals surface area (Å²) in [5.74, 6) is 0.546. The highest BCUT2D eigenvalue weighted by Gasteiger charge is 2.17. The van der Waals surface area contributed by atoms with Crippen LogP contribution in [-0.4, -0.2) is 19.1 Å². The number of ether oxygens (including phenoxy) is 1. The quantitative estimate of drug-likeness (QED) is 0.609. The Hall–Kier alpha value is -3.11. The molecule has 144 valence electrons. The van der Waals surface area contributed by atoms with Crippen LogP contribution >= 0.6 is 0 Å². The second kappa shape index (κ2) is 9.20. The summed E-state index contributed by atoms with van der Waals surface area (Å²) in [6, 6.07) is 25.8. The Kier molecular flexibility index (Phi) is 6.45. The second-order valence-electron chi connectivity index (χ2n) is 6.79. The predicted molar refractivity (Wildman–Crippen MR) is 115 cm³/mol. The maximum Gasteiger partial charge on any atom is 0.241 e. The van der Waals surface area contributed by atoms with Crippen LogP contribution in [-0.2, 0) is 4.79 Å². The number of benzene rings is 3. The number of nitrogens with one attached hydrogen (secondary N) is 2. The minimum absolute atomic E-state index is 0.0447. The van der Waals surface area contributed by atoms with Gasteiger partial charge in [0.25, 0.3) is 0 Å². The van der Waals surface area contributed by atoms with Crippen molar-refractivity contribution in [1.82, 2.24) is 5.32 Å². The van der Waals surface area contributed by atoms with Gasteiger partial charge in [-0.1, -0.05) is 66.7 Å². The molecule has 2 atom stereocenters. The van der Waals surface area contributed by atoms with Crippen LogP contribution in [0.15, 0.2) is 78.9 Å². The summed E-state index contributed by atoms with van der Waals surface area (Å²) in [5.41, 5.74) is 4.18. The molecule has 4 heteroatoms. The lowest BCUT2D eigenvalue weighted by Gasteiger charge is -2.21. The molecule has 3 rings (SSSR count). The van der Waals surface area contributed by atoms with Gasteiger partial charge >= 0.3 is 0 Å². The first-order valence-electron chi connectivity index (χ1n) is 9.44. The first-order chi connectivity index (χ1) is 13.6. The molecule has 0 saturated heterocycles. The molecule has 4 nitrogen and oxygen atoms in total. The first kappa shape index (κ1) is 19.6. The van der Waals surface area contributed by atoms with Crippen LogP contribution in [0.25, 0.3) is 11.1 Å². The summed E-state index contributed by atoms with van der Waals surface area (Å²) in [6.45, 7) is 3.92. The molecule has 3 aromatic carbocycles. The molecule has 0 spiro atoms. The Morgan fingerprint density at radius 3 is 2.11 bits per heavy atom. The standard InChI is InChI=1S/C24H26N2O2/c1-17(19-13-15-21(16-14-19)20-9-5-4-6-10-20)25-18(2)24(27)26-22-11-7-8-12-23(22)28-3/h4-18,25H,1-3H3,(H,26,27)/t17-,18-/m1/s1. The maximum atomic E-state index is 12.6. The fourth-order valence-electron chi connectivity index (χ4n) is 3.13. The average molecular weight is 374 g/mol. The van der Waals surface area contributed by atoms with Crippen LogP contribution in [0.1, 0.15) is 25.5 Å². The third-order valence-corrected chi connectivity index (χ3v) is 4.78. The number of amides is 1. The van der Waals surface area contributed by atoms with E-state index in [9.17, 15) is 4.79 Å². The Labute approximate surface area is 166 Å². The molecule has 0 bridgehead atoms. The van der Waals surface area contributed by atoms with Crippen LogP contribution in [0, 0.1) is 0 Å². The smallest absolute Gasteiger partial charge is 0.241 e. The summed E-state index contributed by atoms with van der Waals surface area (Å²) in [4.78, 5) is 12.6. The van der Waals surface area contributed by atoms with Gasteiger partial charge in [-0.15, -0.1) is 0 Å². The number of hydrogen-bond donors (Lipinski definition) is 2. The Morgan fingerprint density at radius 2 is 1.43 bits per heavy atom. The Bertz CT molecular complexity index is 907. The van der Waals surface area contributed by atoms with E-state index in [0.29, 0.717) is 11.4 Å². The summed E-state index contributed by atoms with van der Waals surface area (Å²) in [7, 11) is 1.59. The lowest BCUT2D eigenvalue weighted by molar-refractivity contribution is -0.117. The molecule has 0 heterocycles. The van der Waals surface area contributed by atoms with Gasteiger partial charge in [0.05, 0.1) is 18.8 Å². The normalized spacial score (nSPS) is 12.8. The van der Waals surface area contributed by atoms with Crippen LogP contribution < -0.4 is 15.4 Å². The number of anilines is 1. The Balaban J connectivity index is 1.62. The fraction of sp³-hybridized carbons (Fsp3) is 0.208.